The molecule has 90 valence electrons. The highest BCUT2D eigenvalue weighted by Gasteiger charge is 2.10. The monoisotopic (exact) mass is 224 g/mol. The maximum Gasteiger partial charge on any atom is 0.224 e. The Morgan fingerprint density at radius 1 is 1.62 bits per heavy atom. The molecule has 0 bridgehead atoms. The van der Waals surface area contributed by atoms with Gasteiger partial charge in [0, 0.05) is 25.2 Å². The Kier molecular flexibility index (Phi) is 4.98. The van der Waals surface area contributed by atoms with Crippen LogP contribution in [0.1, 0.15) is 12.5 Å². The number of aromatic nitrogens is 2. The minimum absolute atomic E-state index is 0.00403. The van der Waals surface area contributed by atoms with E-state index in [9.17, 15) is 4.79 Å². The number of amides is 1. The van der Waals surface area contributed by atoms with E-state index in [1.807, 2.05) is 38.0 Å². The van der Waals surface area contributed by atoms with E-state index in [4.69, 9.17) is 0 Å². The summed E-state index contributed by atoms with van der Waals surface area (Å²) in [6, 6.07) is 0. The van der Waals surface area contributed by atoms with Gasteiger partial charge >= 0.3 is 0 Å². The fraction of sp³-hybridized carbons (Fsp3) is 0.636. The van der Waals surface area contributed by atoms with Crippen LogP contribution in [0.2, 0.25) is 0 Å². The molecule has 0 aliphatic heterocycles. The quantitative estimate of drug-likeness (QED) is 0.724. The van der Waals surface area contributed by atoms with E-state index < -0.39 is 0 Å². The van der Waals surface area contributed by atoms with Gasteiger partial charge in [0.1, 0.15) is 0 Å². The Labute approximate surface area is 96.2 Å². The van der Waals surface area contributed by atoms with Gasteiger partial charge in [0.15, 0.2) is 0 Å². The van der Waals surface area contributed by atoms with Crippen molar-refractivity contribution in [1.29, 1.82) is 0 Å². The molecule has 0 fully saturated rings. The molecule has 1 aromatic heterocycles. The first kappa shape index (κ1) is 12.7. The zero-order valence-corrected chi connectivity index (χ0v) is 10.2. The van der Waals surface area contributed by atoms with Crippen molar-refractivity contribution in [1.82, 2.24) is 20.4 Å². The molecule has 0 spiro atoms. The molecule has 1 heterocycles. The number of carbonyl (C=O) groups is 1. The third-order valence-corrected chi connectivity index (χ3v) is 2.36. The van der Waals surface area contributed by atoms with Crippen LogP contribution in [0.5, 0.6) is 0 Å². The highest BCUT2D eigenvalue weighted by molar-refractivity contribution is 5.78. The number of nitrogens with zero attached hydrogens (tertiary/aromatic N) is 2. The topological polar surface area (TPSA) is 59.0 Å². The lowest BCUT2D eigenvalue weighted by Gasteiger charge is -2.11. The van der Waals surface area contributed by atoms with Crippen molar-refractivity contribution in [2.75, 3.05) is 20.1 Å². The fourth-order valence-corrected chi connectivity index (χ4v) is 1.46. The third-order valence-electron chi connectivity index (χ3n) is 2.36. The summed E-state index contributed by atoms with van der Waals surface area (Å²) in [7, 11) is 1.84. The Bertz CT molecular complexity index is 334. The summed E-state index contributed by atoms with van der Waals surface area (Å²) in [5, 5.41) is 10.0. The Morgan fingerprint density at radius 3 is 2.94 bits per heavy atom. The minimum atomic E-state index is 0.00403. The van der Waals surface area contributed by atoms with E-state index in [1.54, 1.807) is 0 Å². The van der Waals surface area contributed by atoms with Crippen molar-refractivity contribution in [2.24, 2.45) is 5.92 Å². The van der Waals surface area contributed by atoms with Crippen molar-refractivity contribution in [3.8, 4) is 0 Å². The van der Waals surface area contributed by atoms with Crippen molar-refractivity contribution >= 4 is 5.91 Å². The van der Waals surface area contributed by atoms with Gasteiger partial charge in [-0.05, 0) is 19.5 Å². The molecule has 1 amide bonds. The summed E-state index contributed by atoms with van der Waals surface area (Å²) in [6.07, 6.45) is 3.77. The summed E-state index contributed by atoms with van der Waals surface area (Å²) in [5.74, 6) is 0.0857. The summed E-state index contributed by atoms with van der Waals surface area (Å²) >= 11 is 0. The third kappa shape index (κ3) is 4.02. The van der Waals surface area contributed by atoms with E-state index in [0.29, 0.717) is 19.6 Å². The SMILES string of the molecule is CNCC(C)C(=O)NCCn1cc(C)cn1. The van der Waals surface area contributed by atoms with E-state index in [2.05, 4.69) is 15.7 Å². The Hall–Kier alpha value is -1.36. The van der Waals surface area contributed by atoms with Crippen molar-refractivity contribution in [2.45, 2.75) is 20.4 Å². The number of aryl methyl sites for hydroxylation is 1. The normalized spacial score (nSPS) is 12.4. The zero-order chi connectivity index (χ0) is 12.0. The first-order chi connectivity index (χ1) is 7.63. The summed E-state index contributed by atoms with van der Waals surface area (Å²) in [4.78, 5) is 11.5. The molecule has 5 heteroatoms. The largest absolute Gasteiger partial charge is 0.354 e. The van der Waals surface area contributed by atoms with Gasteiger partial charge in [-0.15, -0.1) is 0 Å². The van der Waals surface area contributed by atoms with Gasteiger partial charge in [0.05, 0.1) is 12.7 Å². The first-order valence-corrected chi connectivity index (χ1v) is 5.55. The van der Waals surface area contributed by atoms with Crippen LogP contribution in [0.25, 0.3) is 0 Å². The maximum atomic E-state index is 11.5. The second-order valence-corrected chi connectivity index (χ2v) is 4.03. The first-order valence-electron chi connectivity index (χ1n) is 5.55. The van der Waals surface area contributed by atoms with E-state index >= 15 is 0 Å². The van der Waals surface area contributed by atoms with Crippen molar-refractivity contribution < 1.29 is 4.79 Å². The average Bonchev–Trinajstić information content (AvgIpc) is 2.64. The molecule has 1 rings (SSSR count). The molecular weight excluding hydrogens is 204 g/mol. The van der Waals surface area contributed by atoms with Crippen LogP contribution in [-0.2, 0) is 11.3 Å². The molecule has 0 aliphatic carbocycles. The molecule has 2 N–H and O–H groups in total. The van der Waals surface area contributed by atoms with Crippen LogP contribution >= 0.6 is 0 Å². The fourth-order valence-electron chi connectivity index (χ4n) is 1.46. The number of hydrogen-bond donors (Lipinski definition) is 2. The molecule has 1 aromatic rings. The molecule has 1 atom stereocenters. The molecule has 0 aliphatic rings. The summed E-state index contributed by atoms with van der Waals surface area (Å²) in [6.45, 7) is 5.94. The van der Waals surface area contributed by atoms with Gasteiger partial charge in [-0.1, -0.05) is 6.92 Å². The van der Waals surface area contributed by atoms with Gasteiger partial charge in [-0.2, -0.15) is 5.10 Å². The van der Waals surface area contributed by atoms with Crippen LogP contribution in [0, 0.1) is 12.8 Å². The molecular formula is C11H20N4O. The standard InChI is InChI=1S/C11H20N4O/c1-9-6-14-15(8-9)5-4-13-11(16)10(2)7-12-3/h6,8,10,12H,4-5,7H2,1-3H3,(H,13,16). The van der Waals surface area contributed by atoms with Gasteiger partial charge in [-0.25, -0.2) is 0 Å². The predicted octanol–water partition coefficient (Wildman–Crippen LogP) is 0.163. The second-order valence-electron chi connectivity index (χ2n) is 4.03. The van der Waals surface area contributed by atoms with E-state index in [1.165, 1.54) is 0 Å². The van der Waals surface area contributed by atoms with Crippen LogP contribution in [0.15, 0.2) is 12.4 Å². The number of nitrogens with one attached hydrogen (secondary N) is 2. The summed E-state index contributed by atoms with van der Waals surface area (Å²) < 4.78 is 1.83. The molecule has 1 unspecified atom stereocenters. The lowest BCUT2D eigenvalue weighted by atomic mass is 10.1. The molecule has 0 aromatic carbocycles. The molecule has 0 saturated carbocycles. The average molecular weight is 224 g/mol. The molecule has 5 nitrogen and oxygen atoms in total. The Balaban J connectivity index is 2.22. The van der Waals surface area contributed by atoms with Crippen molar-refractivity contribution in [3.05, 3.63) is 18.0 Å². The maximum absolute atomic E-state index is 11.5. The smallest absolute Gasteiger partial charge is 0.224 e. The molecule has 0 radical (unpaired) electrons. The van der Waals surface area contributed by atoms with Gasteiger partial charge < -0.3 is 10.6 Å². The molecule has 16 heavy (non-hydrogen) atoms. The van der Waals surface area contributed by atoms with Crippen LogP contribution in [-0.4, -0.2) is 35.8 Å². The lowest BCUT2D eigenvalue weighted by molar-refractivity contribution is -0.124. The zero-order valence-electron chi connectivity index (χ0n) is 10.2. The second kappa shape index (κ2) is 6.27. The molecule has 0 saturated heterocycles. The Morgan fingerprint density at radius 2 is 2.38 bits per heavy atom. The minimum Gasteiger partial charge on any atom is -0.354 e. The van der Waals surface area contributed by atoms with Gasteiger partial charge in [-0.3, -0.25) is 9.48 Å². The van der Waals surface area contributed by atoms with E-state index in [-0.39, 0.29) is 11.8 Å². The van der Waals surface area contributed by atoms with E-state index in [0.717, 1.165) is 5.56 Å². The van der Waals surface area contributed by atoms with Crippen LogP contribution in [0.4, 0.5) is 0 Å². The lowest BCUT2D eigenvalue weighted by Crippen LogP contribution is -2.36. The van der Waals surface area contributed by atoms with Gasteiger partial charge in [0.25, 0.3) is 0 Å². The predicted molar refractivity (Wildman–Crippen MR) is 63.1 cm³/mol. The highest BCUT2D eigenvalue weighted by atomic mass is 16.1. The number of hydrogen-bond acceptors (Lipinski definition) is 3. The van der Waals surface area contributed by atoms with Crippen LogP contribution in [0.3, 0.4) is 0 Å². The highest BCUT2D eigenvalue weighted by Crippen LogP contribution is 1.94. The van der Waals surface area contributed by atoms with Gasteiger partial charge in [0.2, 0.25) is 5.91 Å². The number of carbonyl (C=O) groups excluding carboxylic acids is 1. The van der Waals surface area contributed by atoms with Crippen LogP contribution < -0.4 is 10.6 Å². The van der Waals surface area contributed by atoms with Crippen molar-refractivity contribution in [3.63, 3.8) is 0 Å². The summed E-state index contributed by atoms with van der Waals surface area (Å²) in [5.41, 5.74) is 1.13. The number of rotatable bonds is 6.